The van der Waals surface area contributed by atoms with E-state index in [1.165, 1.54) is 36.6 Å². The molecule has 3 rings (SSSR count). The Kier molecular flexibility index (Phi) is 4.02. The minimum absolute atomic E-state index is 0.107. The zero-order valence-electron chi connectivity index (χ0n) is 12.1. The molecular weight excluding hydrogens is 268 g/mol. The Balaban J connectivity index is 1.68. The summed E-state index contributed by atoms with van der Waals surface area (Å²) in [6.07, 6.45) is 2.54. The summed E-state index contributed by atoms with van der Waals surface area (Å²) >= 11 is 0. The quantitative estimate of drug-likeness (QED) is 0.841. The SMILES string of the molecule is CC(NCc1cccc(C2CC2)c1)c1c(F)cccc1F. The van der Waals surface area contributed by atoms with Crippen LogP contribution in [0.25, 0.3) is 0 Å². The van der Waals surface area contributed by atoms with Gasteiger partial charge in [0.1, 0.15) is 11.6 Å². The monoisotopic (exact) mass is 287 g/mol. The maximum atomic E-state index is 13.7. The minimum Gasteiger partial charge on any atom is -0.306 e. The Hall–Kier alpha value is -1.74. The fourth-order valence-corrected chi connectivity index (χ4v) is 2.67. The van der Waals surface area contributed by atoms with Gasteiger partial charge in [0, 0.05) is 18.2 Å². The van der Waals surface area contributed by atoms with Gasteiger partial charge in [-0.15, -0.1) is 0 Å². The molecule has 0 amide bonds. The molecule has 1 aliphatic rings. The van der Waals surface area contributed by atoms with Crippen LogP contribution in [-0.2, 0) is 6.54 Å². The maximum absolute atomic E-state index is 13.7. The predicted octanol–water partition coefficient (Wildman–Crippen LogP) is 4.69. The third kappa shape index (κ3) is 3.30. The van der Waals surface area contributed by atoms with E-state index in [0.29, 0.717) is 12.5 Å². The van der Waals surface area contributed by atoms with Crippen LogP contribution in [0.15, 0.2) is 42.5 Å². The number of hydrogen-bond acceptors (Lipinski definition) is 1. The average molecular weight is 287 g/mol. The molecule has 0 radical (unpaired) electrons. The first-order valence-corrected chi connectivity index (χ1v) is 7.41. The molecule has 1 saturated carbocycles. The molecule has 2 aromatic carbocycles. The molecule has 110 valence electrons. The molecule has 21 heavy (non-hydrogen) atoms. The Labute approximate surface area is 124 Å². The summed E-state index contributed by atoms with van der Waals surface area (Å²) in [6, 6.07) is 12.1. The van der Waals surface area contributed by atoms with Gasteiger partial charge in [0.25, 0.3) is 0 Å². The fourth-order valence-electron chi connectivity index (χ4n) is 2.67. The summed E-state index contributed by atoms with van der Waals surface area (Å²) < 4.78 is 27.4. The van der Waals surface area contributed by atoms with E-state index in [4.69, 9.17) is 0 Å². The Morgan fingerprint density at radius 1 is 1.10 bits per heavy atom. The van der Waals surface area contributed by atoms with Crippen molar-refractivity contribution in [1.29, 1.82) is 0 Å². The van der Waals surface area contributed by atoms with Gasteiger partial charge in [-0.25, -0.2) is 8.78 Å². The predicted molar refractivity (Wildman–Crippen MR) is 80.0 cm³/mol. The first-order chi connectivity index (χ1) is 10.1. The van der Waals surface area contributed by atoms with Gasteiger partial charge in [-0.05, 0) is 48.9 Å². The van der Waals surface area contributed by atoms with Crippen LogP contribution in [0.5, 0.6) is 0 Å². The van der Waals surface area contributed by atoms with Gasteiger partial charge in [-0.1, -0.05) is 30.3 Å². The van der Waals surface area contributed by atoms with Gasteiger partial charge in [0.05, 0.1) is 0 Å². The van der Waals surface area contributed by atoms with Crippen LogP contribution in [0.3, 0.4) is 0 Å². The molecule has 1 fully saturated rings. The third-order valence-corrected chi connectivity index (χ3v) is 4.04. The lowest BCUT2D eigenvalue weighted by molar-refractivity contribution is 0.487. The van der Waals surface area contributed by atoms with Crippen molar-refractivity contribution >= 4 is 0 Å². The van der Waals surface area contributed by atoms with Crippen LogP contribution in [0, 0.1) is 11.6 Å². The molecule has 3 heteroatoms. The van der Waals surface area contributed by atoms with Gasteiger partial charge in [0.15, 0.2) is 0 Å². The lowest BCUT2D eigenvalue weighted by Crippen LogP contribution is -2.20. The fraction of sp³-hybridized carbons (Fsp3) is 0.333. The summed E-state index contributed by atoms with van der Waals surface area (Å²) in [5, 5.41) is 3.20. The van der Waals surface area contributed by atoms with Gasteiger partial charge >= 0.3 is 0 Å². The van der Waals surface area contributed by atoms with Crippen molar-refractivity contribution in [2.75, 3.05) is 0 Å². The molecule has 2 aromatic rings. The van der Waals surface area contributed by atoms with Crippen molar-refractivity contribution in [2.45, 2.75) is 38.3 Å². The molecule has 0 heterocycles. The summed E-state index contributed by atoms with van der Waals surface area (Å²) in [6.45, 7) is 2.39. The highest BCUT2D eigenvalue weighted by molar-refractivity contribution is 5.29. The van der Waals surface area contributed by atoms with Crippen LogP contribution in [0.1, 0.15) is 48.4 Å². The van der Waals surface area contributed by atoms with Crippen molar-refractivity contribution in [2.24, 2.45) is 0 Å². The first-order valence-electron chi connectivity index (χ1n) is 7.41. The summed E-state index contributed by atoms with van der Waals surface area (Å²) in [7, 11) is 0. The van der Waals surface area contributed by atoms with E-state index in [0.717, 1.165) is 5.56 Å². The molecule has 0 aliphatic heterocycles. The van der Waals surface area contributed by atoms with Crippen molar-refractivity contribution < 1.29 is 8.78 Å². The Bertz CT molecular complexity index is 615. The van der Waals surface area contributed by atoms with E-state index < -0.39 is 11.6 Å². The largest absolute Gasteiger partial charge is 0.306 e. The van der Waals surface area contributed by atoms with E-state index in [-0.39, 0.29) is 11.6 Å². The third-order valence-electron chi connectivity index (χ3n) is 4.04. The highest BCUT2D eigenvalue weighted by Gasteiger charge is 2.23. The minimum atomic E-state index is -0.498. The van der Waals surface area contributed by atoms with Gasteiger partial charge in [0.2, 0.25) is 0 Å². The number of hydrogen-bond donors (Lipinski definition) is 1. The molecule has 0 saturated heterocycles. The van der Waals surface area contributed by atoms with E-state index in [9.17, 15) is 8.78 Å². The maximum Gasteiger partial charge on any atom is 0.130 e. The van der Waals surface area contributed by atoms with Crippen molar-refractivity contribution in [3.63, 3.8) is 0 Å². The van der Waals surface area contributed by atoms with Crippen LogP contribution in [-0.4, -0.2) is 0 Å². The highest BCUT2D eigenvalue weighted by Crippen LogP contribution is 2.40. The number of halogens is 2. The average Bonchev–Trinajstić information content (AvgIpc) is 3.30. The Morgan fingerprint density at radius 2 is 1.76 bits per heavy atom. The smallest absolute Gasteiger partial charge is 0.130 e. The van der Waals surface area contributed by atoms with Crippen molar-refractivity contribution in [3.05, 3.63) is 70.8 Å². The van der Waals surface area contributed by atoms with Crippen LogP contribution < -0.4 is 5.32 Å². The van der Waals surface area contributed by atoms with Gasteiger partial charge in [-0.3, -0.25) is 0 Å². The molecular formula is C18H19F2N. The van der Waals surface area contributed by atoms with E-state index in [2.05, 4.69) is 23.5 Å². The molecule has 0 bridgehead atoms. The van der Waals surface area contributed by atoms with Crippen molar-refractivity contribution in [3.8, 4) is 0 Å². The van der Waals surface area contributed by atoms with Crippen LogP contribution in [0.4, 0.5) is 8.78 Å². The normalized spacial score (nSPS) is 16.0. The highest BCUT2D eigenvalue weighted by atomic mass is 19.1. The summed E-state index contributed by atoms with van der Waals surface area (Å²) in [4.78, 5) is 0. The zero-order chi connectivity index (χ0) is 14.8. The summed E-state index contributed by atoms with van der Waals surface area (Å²) in [5.74, 6) is -0.283. The number of rotatable bonds is 5. The van der Waals surface area contributed by atoms with Crippen LogP contribution >= 0.6 is 0 Å². The second-order valence-electron chi connectivity index (χ2n) is 5.76. The molecule has 0 aromatic heterocycles. The van der Waals surface area contributed by atoms with Crippen LogP contribution in [0.2, 0.25) is 0 Å². The topological polar surface area (TPSA) is 12.0 Å². The Morgan fingerprint density at radius 3 is 2.43 bits per heavy atom. The molecule has 1 unspecified atom stereocenters. The number of nitrogens with one attached hydrogen (secondary N) is 1. The first kappa shape index (κ1) is 14.2. The lowest BCUT2D eigenvalue weighted by Gasteiger charge is -2.16. The van der Waals surface area contributed by atoms with Gasteiger partial charge in [-0.2, -0.15) is 0 Å². The summed E-state index contributed by atoms with van der Waals surface area (Å²) in [5.41, 5.74) is 2.64. The molecule has 1 N–H and O–H groups in total. The molecule has 0 spiro atoms. The second-order valence-corrected chi connectivity index (χ2v) is 5.76. The van der Waals surface area contributed by atoms with Gasteiger partial charge < -0.3 is 5.32 Å². The van der Waals surface area contributed by atoms with Crippen molar-refractivity contribution in [1.82, 2.24) is 5.32 Å². The second kappa shape index (κ2) is 5.94. The zero-order valence-corrected chi connectivity index (χ0v) is 12.1. The van der Waals surface area contributed by atoms with E-state index in [1.54, 1.807) is 6.92 Å². The number of benzene rings is 2. The standard InChI is InChI=1S/C18H19F2N/c1-12(18-16(19)6-3-7-17(18)20)21-11-13-4-2-5-15(10-13)14-8-9-14/h2-7,10,12,14,21H,8-9,11H2,1H3. The molecule has 1 nitrogen and oxygen atoms in total. The molecule has 1 aliphatic carbocycles. The van der Waals surface area contributed by atoms with E-state index in [1.807, 2.05) is 6.07 Å². The molecule has 1 atom stereocenters. The lowest BCUT2D eigenvalue weighted by atomic mass is 10.0. The van der Waals surface area contributed by atoms with E-state index >= 15 is 0 Å².